The highest BCUT2D eigenvalue weighted by Gasteiger charge is 2.59. The fraction of sp³-hybridized carbons (Fsp3) is 0.778. The minimum Gasteiger partial charge on any atom is -0.393 e. The van der Waals surface area contributed by atoms with Crippen LogP contribution in [0, 0.1) is 23.7 Å². The number of ether oxygens (including phenoxy) is 1. The molecule has 3 heteroatoms. The molecule has 1 heterocycles. The molecule has 0 aromatic heterocycles. The van der Waals surface area contributed by atoms with Gasteiger partial charge in [-0.05, 0) is 31.1 Å². The van der Waals surface area contributed by atoms with Crippen LogP contribution in [0.1, 0.15) is 19.3 Å². The van der Waals surface area contributed by atoms with Crippen molar-refractivity contribution >= 4 is 11.9 Å². The van der Waals surface area contributed by atoms with Crippen LogP contribution in [0.4, 0.5) is 0 Å². The van der Waals surface area contributed by atoms with Crippen LogP contribution in [0.2, 0.25) is 0 Å². The van der Waals surface area contributed by atoms with E-state index in [0.717, 1.165) is 19.3 Å². The van der Waals surface area contributed by atoms with Crippen LogP contribution in [-0.4, -0.2) is 11.9 Å². The third kappa shape index (κ3) is 0.586. The Hall–Kier alpha value is -0.860. The topological polar surface area (TPSA) is 43.4 Å². The molecule has 2 aliphatic carbocycles. The van der Waals surface area contributed by atoms with E-state index < -0.39 is 0 Å². The molecular formula is C9H10O3. The summed E-state index contributed by atoms with van der Waals surface area (Å²) in [5.41, 5.74) is 0. The molecule has 0 aromatic carbocycles. The highest BCUT2D eigenvalue weighted by Crippen LogP contribution is 2.55. The van der Waals surface area contributed by atoms with Crippen molar-refractivity contribution in [1.82, 2.24) is 0 Å². The summed E-state index contributed by atoms with van der Waals surface area (Å²) < 4.78 is 4.63. The van der Waals surface area contributed by atoms with E-state index in [9.17, 15) is 9.59 Å². The molecule has 2 saturated carbocycles. The predicted octanol–water partition coefficient (Wildman–Crippen LogP) is 0.732. The minimum atomic E-state index is -0.253. The first-order valence-electron chi connectivity index (χ1n) is 4.53. The molecule has 3 rings (SSSR count). The van der Waals surface area contributed by atoms with E-state index >= 15 is 0 Å². The summed E-state index contributed by atoms with van der Waals surface area (Å²) in [5.74, 6) is 0.291. The minimum absolute atomic E-state index is 0.0590. The molecule has 12 heavy (non-hydrogen) atoms. The Morgan fingerprint density at radius 3 is 2.00 bits per heavy atom. The smallest absolute Gasteiger partial charge is 0.317 e. The van der Waals surface area contributed by atoms with Gasteiger partial charge in [0, 0.05) is 0 Å². The number of hydrogen-bond donors (Lipinski definition) is 0. The van der Waals surface area contributed by atoms with Crippen LogP contribution >= 0.6 is 0 Å². The standard InChI is InChI=1S/C9H10O3/c10-8-6-4-1-2-5(3-4)7(6)9(11)12-8/h4-7H,1-3H2/t4?,5?,6-,7+. The average molecular weight is 166 g/mol. The fourth-order valence-electron chi connectivity index (χ4n) is 3.20. The van der Waals surface area contributed by atoms with E-state index in [1.165, 1.54) is 0 Å². The van der Waals surface area contributed by atoms with Gasteiger partial charge in [0.05, 0.1) is 11.8 Å². The maximum atomic E-state index is 11.2. The van der Waals surface area contributed by atoms with Gasteiger partial charge in [-0.3, -0.25) is 9.59 Å². The summed E-state index contributed by atoms with van der Waals surface area (Å²) >= 11 is 0. The van der Waals surface area contributed by atoms with Crippen LogP contribution in [-0.2, 0) is 14.3 Å². The maximum Gasteiger partial charge on any atom is 0.317 e. The van der Waals surface area contributed by atoms with Crippen LogP contribution in [0.5, 0.6) is 0 Å². The van der Waals surface area contributed by atoms with E-state index in [4.69, 9.17) is 0 Å². The van der Waals surface area contributed by atoms with Crippen molar-refractivity contribution in [3.8, 4) is 0 Å². The van der Waals surface area contributed by atoms with Crippen LogP contribution in [0.25, 0.3) is 0 Å². The lowest BCUT2D eigenvalue weighted by atomic mass is 9.81. The second-order valence-electron chi connectivity index (χ2n) is 4.12. The lowest BCUT2D eigenvalue weighted by Gasteiger charge is -2.17. The van der Waals surface area contributed by atoms with Crippen molar-refractivity contribution in [2.24, 2.45) is 23.7 Å². The molecule has 3 nitrogen and oxygen atoms in total. The summed E-state index contributed by atoms with van der Waals surface area (Å²) in [4.78, 5) is 22.4. The van der Waals surface area contributed by atoms with E-state index in [1.807, 2.05) is 0 Å². The van der Waals surface area contributed by atoms with Gasteiger partial charge in [0.2, 0.25) is 0 Å². The molecule has 0 amide bonds. The molecular weight excluding hydrogens is 156 g/mol. The SMILES string of the molecule is O=C1OC(=O)[C@H]2C3CCC(C3)[C@@H]12. The first kappa shape index (κ1) is 6.63. The van der Waals surface area contributed by atoms with Gasteiger partial charge in [-0.1, -0.05) is 0 Å². The van der Waals surface area contributed by atoms with Gasteiger partial charge >= 0.3 is 11.9 Å². The summed E-state index contributed by atoms with van der Waals surface area (Å²) in [6, 6.07) is 0. The Labute approximate surface area is 70.1 Å². The van der Waals surface area contributed by atoms with Gasteiger partial charge in [0.15, 0.2) is 0 Å². The monoisotopic (exact) mass is 166 g/mol. The fourth-order valence-corrected chi connectivity index (χ4v) is 3.20. The Bertz CT molecular complexity index is 245. The molecule has 0 aromatic rings. The summed E-state index contributed by atoms with van der Waals surface area (Å²) in [6.45, 7) is 0. The van der Waals surface area contributed by atoms with Gasteiger partial charge in [0.25, 0.3) is 0 Å². The van der Waals surface area contributed by atoms with Gasteiger partial charge in [0.1, 0.15) is 0 Å². The maximum absolute atomic E-state index is 11.2. The van der Waals surface area contributed by atoms with Gasteiger partial charge in [-0.25, -0.2) is 0 Å². The summed E-state index contributed by atoms with van der Waals surface area (Å²) in [7, 11) is 0. The number of hydrogen-bond acceptors (Lipinski definition) is 3. The van der Waals surface area contributed by atoms with E-state index in [1.54, 1.807) is 0 Å². The summed E-state index contributed by atoms with van der Waals surface area (Å²) in [6.07, 6.45) is 3.32. The van der Waals surface area contributed by atoms with Crippen LogP contribution in [0.3, 0.4) is 0 Å². The third-order valence-corrected chi connectivity index (χ3v) is 3.66. The first-order chi connectivity index (χ1) is 5.77. The van der Waals surface area contributed by atoms with Crippen molar-refractivity contribution in [3.05, 3.63) is 0 Å². The number of carbonyl (C=O) groups is 2. The lowest BCUT2D eigenvalue weighted by Crippen LogP contribution is -2.24. The van der Waals surface area contributed by atoms with Crippen LogP contribution in [0.15, 0.2) is 0 Å². The molecule has 4 atom stereocenters. The Morgan fingerprint density at radius 1 is 1.00 bits per heavy atom. The molecule has 64 valence electrons. The first-order valence-corrected chi connectivity index (χ1v) is 4.53. The number of cyclic esters (lactones) is 2. The highest BCUT2D eigenvalue weighted by molar-refractivity contribution is 5.97. The Balaban J connectivity index is 2.03. The molecule has 1 saturated heterocycles. The van der Waals surface area contributed by atoms with E-state index in [2.05, 4.69) is 4.74 Å². The molecule has 1 aliphatic heterocycles. The van der Waals surface area contributed by atoms with Crippen molar-refractivity contribution in [3.63, 3.8) is 0 Å². The zero-order valence-corrected chi connectivity index (χ0v) is 6.66. The molecule has 0 spiro atoms. The van der Waals surface area contributed by atoms with E-state index in [0.29, 0.717) is 11.8 Å². The molecule has 0 radical (unpaired) electrons. The number of fused-ring (bicyclic) bond motifs is 5. The van der Waals surface area contributed by atoms with Gasteiger partial charge in [-0.2, -0.15) is 0 Å². The van der Waals surface area contributed by atoms with Crippen molar-refractivity contribution in [1.29, 1.82) is 0 Å². The zero-order chi connectivity index (χ0) is 8.29. The van der Waals surface area contributed by atoms with Crippen LogP contribution < -0.4 is 0 Å². The van der Waals surface area contributed by atoms with Crippen molar-refractivity contribution in [2.75, 3.05) is 0 Å². The molecule has 0 N–H and O–H groups in total. The van der Waals surface area contributed by atoms with Gasteiger partial charge < -0.3 is 4.74 Å². The average Bonchev–Trinajstić information content (AvgIpc) is 2.64. The number of carbonyl (C=O) groups excluding carboxylic acids is 2. The number of esters is 2. The highest BCUT2D eigenvalue weighted by atomic mass is 16.6. The van der Waals surface area contributed by atoms with Crippen molar-refractivity contribution in [2.45, 2.75) is 19.3 Å². The number of rotatable bonds is 0. The quantitative estimate of drug-likeness (QED) is 0.393. The van der Waals surface area contributed by atoms with Crippen molar-refractivity contribution < 1.29 is 14.3 Å². The molecule has 3 aliphatic rings. The lowest BCUT2D eigenvalue weighted by molar-refractivity contribution is -0.154. The largest absolute Gasteiger partial charge is 0.393 e. The Morgan fingerprint density at radius 2 is 1.50 bits per heavy atom. The normalized spacial score (nSPS) is 49.7. The van der Waals surface area contributed by atoms with E-state index in [-0.39, 0.29) is 23.8 Å². The predicted molar refractivity (Wildman–Crippen MR) is 38.9 cm³/mol. The third-order valence-electron chi connectivity index (χ3n) is 3.66. The zero-order valence-electron chi connectivity index (χ0n) is 6.66. The molecule has 2 bridgehead atoms. The Kier molecular flexibility index (Phi) is 1.05. The second kappa shape index (κ2) is 1.90. The second-order valence-corrected chi connectivity index (χ2v) is 4.12. The van der Waals surface area contributed by atoms with Gasteiger partial charge in [-0.15, -0.1) is 0 Å². The molecule has 3 fully saturated rings. The summed E-state index contributed by atoms with van der Waals surface area (Å²) in [5, 5.41) is 0. The molecule has 2 unspecified atom stereocenters.